The predicted octanol–water partition coefficient (Wildman–Crippen LogP) is 5.00. The van der Waals surface area contributed by atoms with Gasteiger partial charge in [0.15, 0.2) is 0 Å². The van der Waals surface area contributed by atoms with Crippen LogP contribution in [0.1, 0.15) is 23.6 Å². The van der Waals surface area contributed by atoms with E-state index in [0.29, 0.717) is 11.8 Å². The number of hydrogen-bond acceptors (Lipinski definition) is 3. The number of fused-ring (bicyclic) bond motifs is 4. The number of hydrogen-bond donors (Lipinski definition) is 0. The molecule has 2 aliphatic heterocycles. The molecule has 2 bridgehead atoms. The van der Waals surface area contributed by atoms with Crippen molar-refractivity contribution < 1.29 is 4.39 Å². The lowest BCUT2D eigenvalue weighted by molar-refractivity contribution is 0.114. The zero-order valence-electron chi connectivity index (χ0n) is 17.1. The van der Waals surface area contributed by atoms with Crippen LogP contribution in [0.25, 0.3) is 11.1 Å². The molecule has 0 spiro atoms. The van der Waals surface area contributed by atoms with Crippen molar-refractivity contribution >= 4 is 11.8 Å². The Hall–Kier alpha value is -2.37. The first kappa shape index (κ1) is 19.6. The van der Waals surface area contributed by atoms with Crippen LogP contribution >= 0.6 is 11.8 Å². The van der Waals surface area contributed by atoms with E-state index in [1.54, 1.807) is 17.8 Å². The Bertz CT molecular complexity index is 1110. The van der Waals surface area contributed by atoms with Crippen LogP contribution in [-0.2, 0) is 13.1 Å². The van der Waals surface area contributed by atoms with Gasteiger partial charge in [-0.15, -0.1) is 11.8 Å². The van der Waals surface area contributed by atoms with Crippen LogP contribution in [-0.4, -0.2) is 28.8 Å². The highest BCUT2D eigenvalue weighted by molar-refractivity contribution is 7.98. The molecule has 154 valence electrons. The van der Waals surface area contributed by atoms with Gasteiger partial charge in [0.25, 0.3) is 5.56 Å². The van der Waals surface area contributed by atoms with Gasteiger partial charge in [0, 0.05) is 54.3 Å². The molecular weight excluding hydrogens is 395 g/mol. The lowest BCUT2D eigenvalue weighted by atomic mass is 9.80. The molecule has 3 aromatic rings. The van der Waals surface area contributed by atoms with Crippen LogP contribution in [0.3, 0.4) is 0 Å². The molecule has 0 unspecified atom stereocenters. The average Bonchev–Trinajstić information content (AvgIpc) is 2.76. The third-order valence-electron chi connectivity index (χ3n) is 6.39. The molecule has 0 N–H and O–H groups in total. The Labute approximate surface area is 180 Å². The van der Waals surface area contributed by atoms with Crippen molar-refractivity contribution in [2.24, 2.45) is 5.92 Å². The molecule has 30 heavy (non-hydrogen) atoms. The summed E-state index contributed by atoms with van der Waals surface area (Å²) in [6, 6.07) is 19.2. The first-order valence-corrected chi connectivity index (χ1v) is 11.7. The van der Waals surface area contributed by atoms with Crippen molar-refractivity contribution in [2.75, 3.05) is 19.3 Å². The minimum Gasteiger partial charge on any atom is -0.311 e. The van der Waals surface area contributed by atoms with Crippen LogP contribution in [0.15, 0.2) is 70.4 Å². The lowest BCUT2D eigenvalue weighted by Gasteiger charge is -2.43. The molecule has 5 heteroatoms. The molecule has 0 saturated carbocycles. The number of aromatic nitrogens is 1. The summed E-state index contributed by atoms with van der Waals surface area (Å²) in [5, 5.41) is 0. The van der Waals surface area contributed by atoms with E-state index in [0.717, 1.165) is 38.2 Å². The summed E-state index contributed by atoms with van der Waals surface area (Å²) in [4.78, 5) is 16.4. The van der Waals surface area contributed by atoms with Crippen molar-refractivity contribution in [3.63, 3.8) is 0 Å². The second-order valence-electron chi connectivity index (χ2n) is 8.43. The van der Waals surface area contributed by atoms with Gasteiger partial charge in [0.2, 0.25) is 0 Å². The Morgan fingerprint density at radius 1 is 0.967 bits per heavy atom. The van der Waals surface area contributed by atoms with Crippen molar-refractivity contribution in [2.45, 2.75) is 30.3 Å². The SMILES string of the molecule is CSc1ccc(-c2ccc(=O)n3c2[C@H]2C[C@@H](CN(Cc4ccc(F)cc4)C2)C3)cc1. The smallest absolute Gasteiger partial charge is 0.250 e. The van der Waals surface area contributed by atoms with Gasteiger partial charge in [-0.1, -0.05) is 24.3 Å². The molecule has 0 radical (unpaired) electrons. The molecule has 5 rings (SSSR count). The molecule has 1 saturated heterocycles. The Morgan fingerprint density at radius 3 is 2.47 bits per heavy atom. The number of pyridine rings is 1. The normalized spacial score (nSPS) is 20.7. The maximum atomic E-state index is 13.3. The summed E-state index contributed by atoms with van der Waals surface area (Å²) < 4.78 is 15.3. The molecule has 2 atom stereocenters. The fourth-order valence-electron chi connectivity index (χ4n) is 5.11. The van der Waals surface area contributed by atoms with Gasteiger partial charge in [-0.3, -0.25) is 9.69 Å². The second-order valence-corrected chi connectivity index (χ2v) is 9.31. The second kappa shape index (κ2) is 8.05. The fraction of sp³-hybridized carbons (Fsp3) is 0.320. The van der Waals surface area contributed by atoms with Gasteiger partial charge in [-0.2, -0.15) is 0 Å². The zero-order chi connectivity index (χ0) is 20.7. The van der Waals surface area contributed by atoms with Crippen LogP contribution in [0.2, 0.25) is 0 Å². The number of halogens is 1. The quantitative estimate of drug-likeness (QED) is 0.556. The molecule has 1 aromatic heterocycles. The van der Waals surface area contributed by atoms with Gasteiger partial charge in [0.1, 0.15) is 5.82 Å². The largest absolute Gasteiger partial charge is 0.311 e. The zero-order valence-corrected chi connectivity index (χ0v) is 17.9. The molecular formula is C25H25FN2OS. The van der Waals surface area contributed by atoms with E-state index in [4.69, 9.17) is 0 Å². The maximum absolute atomic E-state index is 13.3. The minimum atomic E-state index is -0.195. The number of piperidine rings is 1. The van der Waals surface area contributed by atoms with Crippen molar-refractivity contribution in [3.05, 3.63) is 88.1 Å². The van der Waals surface area contributed by atoms with E-state index >= 15 is 0 Å². The number of thioether (sulfide) groups is 1. The van der Waals surface area contributed by atoms with Crippen molar-refractivity contribution in [1.29, 1.82) is 0 Å². The van der Waals surface area contributed by atoms with E-state index in [1.807, 2.05) is 22.8 Å². The van der Waals surface area contributed by atoms with E-state index in [2.05, 4.69) is 35.4 Å². The molecule has 1 fully saturated rings. The standard InChI is InChI=1S/C25H25FN2OS/c1-30-22-8-4-19(5-9-22)23-10-11-24(29)28-15-18-12-20(25(23)28)16-27(14-18)13-17-2-6-21(26)7-3-17/h2-11,18,20H,12-16H2,1H3/t18-,20-/m0/s1. The van der Waals surface area contributed by atoms with Gasteiger partial charge in [-0.25, -0.2) is 4.39 Å². The van der Waals surface area contributed by atoms with Gasteiger partial charge < -0.3 is 4.57 Å². The third kappa shape index (κ3) is 3.72. The predicted molar refractivity (Wildman–Crippen MR) is 120 cm³/mol. The number of rotatable bonds is 4. The highest BCUT2D eigenvalue weighted by Gasteiger charge is 2.36. The molecule has 3 heterocycles. The van der Waals surface area contributed by atoms with Crippen LogP contribution < -0.4 is 5.56 Å². The number of likely N-dealkylation sites (tertiary alicyclic amines) is 1. The van der Waals surface area contributed by atoms with Crippen molar-refractivity contribution in [3.8, 4) is 11.1 Å². The Kier molecular flexibility index (Phi) is 5.25. The summed E-state index contributed by atoms with van der Waals surface area (Å²) in [5.41, 5.74) is 4.77. The lowest BCUT2D eigenvalue weighted by Crippen LogP contribution is -2.47. The van der Waals surface area contributed by atoms with Gasteiger partial charge in [0.05, 0.1) is 0 Å². The molecule has 0 aliphatic carbocycles. The van der Waals surface area contributed by atoms with Crippen LogP contribution in [0.5, 0.6) is 0 Å². The summed E-state index contributed by atoms with van der Waals surface area (Å²) in [6.45, 7) is 3.50. The minimum absolute atomic E-state index is 0.108. The molecule has 0 amide bonds. The van der Waals surface area contributed by atoms with E-state index < -0.39 is 0 Å². The highest BCUT2D eigenvalue weighted by atomic mass is 32.2. The third-order valence-corrected chi connectivity index (χ3v) is 7.13. The van der Waals surface area contributed by atoms with Crippen LogP contribution in [0.4, 0.5) is 4.39 Å². The van der Waals surface area contributed by atoms with Crippen LogP contribution in [0, 0.1) is 11.7 Å². The summed E-state index contributed by atoms with van der Waals surface area (Å²) in [7, 11) is 0. The number of benzene rings is 2. The topological polar surface area (TPSA) is 25.2 Å². The average molecular weight is 421 g/mol. The van der Waals surface area contributed by atoms with E-state index in [-0.39, 0.29) is 11.4 Å². The highest BCUT2D eigenvalue weighted by Crippen LogP contribution is 2.40. The Balaban J connectivity index is 1.48. The summed E-state index contributed by atoms with van der Waals surface area (Å²) in [5.74, 6) is 0.616. The van der Waals surface area contributed by atoms with Gasteiger partial charge >= 0.3 is 0 Å². The van der Waals surface area contributed by atoms with E-state index in [9.17, 15) is 9.18 Å². The van der Waals surface area contributed by atoms with E-state index in [1.165, 1.54) is 33.8 Å². The summed E-state index contributed by atoms with van der Waals surface area (Å²) in [6.07, 6.45) is 3.20. The van der Waals surface area contributed by atoms with Crippen molar-refractivity contribution in [1.82, 2.24) is 9.47 Å². The Morgan fingerprint density at radius 2 is 1.73 bits per heavy atom. The molecule has 3 nitrogen and oxygen atoms in total. The maximum Gasteiger partial charge on any atom is 0.250 e. The molecule has 2 aromatic carbocycles. The fourth-order valence-corrected chi connectivity index (χ4v) is 5.51. The van der Waals surface area contributed by atoms with Gasteiger partial charge in [-0.05, 0) is 60.1 Å². The number of nitrogens with zero attached hydrogens (tertiary/aromatic N) is 2. The molecule has 2 aliphatic rings. The first-order valence-electron chi connectivity index (χ1n) is 10.5. The summed E-state index contributed by atoms with van der Waals surface area (Å²) >= 11 is 1.74. The first-order chi connectivity index (χ1) is 14.6. The monoisotopic (exact) mass is 420 g/mol.